The largest absolute Gasteiger partial charge is 0.374 e. The molecule has 0 spiro atoms. The Labute approximate surface area is 177 Å². The molecule has 4 nitrogen and oxygen atoms in total. The van der Waals surface area contributed by atoms with Gasteiger partial charge in [-0.15, -0.1) is 0 Å². The van der Waals surface area contributed by atoms with Gasteiger partial charge < -0.3 is 9.64 Å². The van der Waals surface area contributed by atoms with Gasteiger partial charge in [-0.3, -0.25) is 9.69 Å². The first kappa shape index (κ1) is 21.8. The number of benzene rings is 2. The molecule has 0 unspecified atom stereocenters. The number of hydrogen-bond acceptors (Lipinski definition) is 3. The number of rotatable bonds is 7. The molecule has 1 saturated heterocycles. The van der Waals surface area contributed by atoms with Gasteiger partial charge in [-0.25, -0.2) is 4.39 Å². The van der Waals surface area contributed by atoms with E-state index in [0.29, 0.717) is 26.2 Å². The van der Waals surface area contributed by atoms with Gasteiger partial charge in [0.05, 0.1) is 18.3 Å². The van der Waals surface area contributed by atoms with E-state index in [-0.39, 0.29) is 23.5 Å². The third-order valence-corrected chi connectivity index (χ3v) is 5.34. The van der Waals surface area contributed by atoms with Gasteiger partial charge in [0.15, 0.2) is 0 Å². The van der Waals surface area contributed by atoms with Crippen molar-refractivity contribution in [2.45, 2.75) is 26.5 Å². The van der Waals surface area contributed by atoms with E-state index in [0.717, 1.165) is 23.7 Å². The monoisotopic (exact) mass is 418 g/mol. The molecule has 1 aliphatic rings. The van der Waals surface area contributed by atoms with Crippen molar-refractivity contribution in [3.05, 3.63) is 70.5 Å². The summed E-state index contributed by atoms with van der Waals surface area (Å²) < 4.78 is 20.1. The van der Waals surface area contributed by atoms with Crippen LogP contribution in [-0.2, 0) is 11.3 Å². The summed E-state index contributed by atoms with van der Waals surface area (Å²) in [6.45, 7) is 7.93. The SMILES string of the molecule is CC(C)CN(C[C@H]1CN(Cc2ccccc2Cl)CCO1)C(=O)c1ccccc1F. The Balaban J connectivity index is 1.68. The van der Waals surface area contributed by atoms with E-state index in [1.165, 1.54) is 12.1 Å². The summed E-state index contributed by atoms with van der Waals surface area (Å²) in [6, 6.07) is 14.0. The molecule has 29 heavy (non-hydrogen) atoms. The lowest BCUT2D eigenvalue weighted by Gasteiger charge is -2.36. The van der Waals surface area contributed by atoms with Crippen molar-refractivity contribution in [1.82, 2.24) is 9.80 Å². The minimum absolute atomic E-state index is 0.108. The van der Waals surface area contributed by atoms with Crippen molar-refractivity contribution in [3.63, 3.8) is 0 Å². The Bertz CT molecular complexity index is 830. The molecule has 1 aliphatic heterocycles. The summed E-state index contributed by atoms with van der Waals surface area (Å²) in [5, 5.41) is 0.756. The lowest BCUT2D eigenvalue weighted by atomic mass is 10.1. The molecule has 1 heterocycles. The maximum atomic E-state index is 14.2. The Morgan fingerprint density at radius 1 is 1.24 bits per heavy atom. The molecule has 1 fully saturated rings. The van der Waals surface area contributed by atoms with Crippen molar-refractivity contribution >= 4 is 17.5 Å². The second kappa shape index (κ2) is 10.2. The molecule has 3 rings (SSSR count). The number of ether oxygens (including phenoxy) is 1. The summed E-state index contributed by atoms with van der Waals surface area (Å²) in [7, 11) is 0. The number of nitrogens with zero attached hydrogens (tertiary/aromatic N) is 2. The third kappa shape index (κ3) is 6.01. The van der Waals surface area contributed by atoms with E-state index < -0.39 is 5.82 Å². The van der Waals surface area contributed by atoms with E-state index >= 15 is 0 Å². The summed E-state index contributed by atoms with van der Waals surface area (Å²) >= 11 is 6.30. The molecule has 6 heteroatoms. The van der Waals surface area contributed by atoms with Crippen LogP contribution in [0.2, 0.25) is 5.02 Å². The number of morpholine rings is 1. The maximum absolute atomic E-state index is 14.2. The van der Waals surface area contributed by atoms with Gasteiger partial charge in [-0.2, -0.15) is 0 Å². The number of halogens is 2. The van der Waals surface area contributed by atoms with Gasteiger partial charge >= 0.3 is 0 Å². The number of amides is 1. The molecule has 1 atom stereocenters. The lowest BCUT2D eigenvalue weighted by Crippen LogP contribution is -2.49. The first-order valence-corrected chi connectivity index (χ1v) is 10.4. The number of carbonyl (C=O) groups is 1. The zero-order valence-corrected chi connectivity index (χ0v) is 17.7. The van der Waals surface area contributed by atoms with Crippen molar-refractivity contribution in [2.24, 2.45) is 5.92 Å². The van der Waals surface area contributed by atoms with Crippen LogP contribution in [0.4, 0.5) is 4.39 Å². The Morgan fingerprint density at radius 2 is 1.97 bits per heavy atom. The standard InChI is InChI=1S/C23H28ClFN2O2/c1-17(2)13-27(23(28)20-8-4-6-10-22(20)25)16-19-15-26(11-12-29-19)14-18-7-3-5-9-21(18)24/h3-10,17,19H,11-16H2,1-2H3/t19-/m1/s1. The molecule has 0 radical (unpaired) electrons. The number of carbonyl (C=O) groups excluding carboxylic acids is 1. The summed E-state index contributed by atoms with van der Waals surface area (Å²) in [6.07, 6.45) is -0.124. The summed E-state index contributed by atoms with van der Waals surface area (Å²) in [4.78, 5) is 17.0. The van der Waals surface area contributed by atoms with Crippen molar-refractivity contribution in [3.8, 4) is 0 Å². The van der Waals surface area contributed by atoms with E-state index in [1.807, 2.05) is 38.1 Å². The summed E-state index contributed by atoms with van der Waals surface area (Å²) in [5.41, 5.74) is 1.19. The fraction of sp³-hybridized carbons (Fsp3) is 0.435. The number of hydrogen-bond donors (Lipinski definition) is 0. The highest BCUT2D eigenvalue weighted by molar-refractivity contribution is 6.31. The fourth-order valence-corrected chi connectivity index (χ4v) is 3.83. The van der Waals surface area contributed by atoms with Crippen LogP contribution in [0.25, 0.3) is 0 Å². The first-order chi connectivity index (χ1) is 13.9. The second-order valence-electron chi connectivity index (χ2n) is 7.90. The van der Waals surface area contributed by atoms with Gasteiger partial charge in [-0.1, -0.05) is 55.8 Å². The summed E-state index contributed by atoms with van der Waals surface area (Å²) in [5.74, 6) is -0.506. The molecular formula is C23H28ClFN2O2. The van der Waals surface area contributed by atoms with E-state index in [2.05, 4.69) is 4.90 Å². The highest BCUT2D eigenvalue weighted by Crippen LogP contribution is 2.20. The Hall–Kier alpha value is -1.95. The average molecular weight is 419 g/mol. The van der Waals surface area contributed by atoms with Crippen LogP contribution >= 0.6 is 11.6 Å². The Kier molecular flexibility index (Phi) is 7.64. The fourth-order valence-electron chi connectivity index (χ4n) is 3.63. The molecular weight excluding hydrogens is 391 g/mol. The molecule has 0 aliphatic carbocycles. The van der Waals surface area contributed by atoms with E-state index in [9.17, 15) is 9.18 Å². The predicted molar refractivity (Wildman–Crippen MR) is 114 cm³/mol. The van der Waals surface area contributed by atoms with Crippen LogP contribution in [0.15, 0.2) is 48.5 Å². The van der Waals surface area contributed by atoms with Gasteiger partial charge in [0.25, 0.3) is 5.91 Å². The quantitative estimate of drug-likeness (QED) is 0.664. The van der Waals surface area contributed by atoms with Gasteiger partial charge in [-0.05, 0) is 29.7 Å². The molecule has 0 saturated carbocycles. The van der Waals surface area contributed by atoms with E-state index in [4.69, 9.17) is 16.3 Å². The minimum Gasteiger partial charge on any atom is -0.374 e. The van der Waals surface area contributed by atoms with Gasteiger partial charge in [0, 0.05) is 37.7 Å². The van der Waals surface area contributed by atoms with E-state index in [1.54, 1.807) is 17.0 Å². The molecule has 0 N–H and O–H groups in total. The van der Waals surface area contributed by atoms with Crippen LogP contribution < -0.4 is 0 Å². The zero-order valence-electron chi connectivity index (χ0n) is 17.0. The molecule has 1 amide bonds. The minimum atomic E-state index is -0.490. The smallest absolute Gasteiger partial charge is 0.256 e. The molecule has 0 aromatic heterocycles. The van der Waals surface area contributed by atoms with Crippen molar-refractivity contribution in [2.75, 3.05) is 32.8 Å². The van der Waals surface area contributed by atoms with Gasteiger partial charge in [0.2, 0.25) is 0 Å². The van der Waals surface area contributed by atoms with Crippen LogP contribution in [0, 0.1) is 11.7 Å². The van der Waals surface area contributed by atoms with Crippen LogP contribution in [0.3, 0.4) is 0 Å². The molecule has 156 valence electrons. The highest BCUT2D eigenvalue weighted by atomic mass is 35.5. The van der Waals surface area contributed by atoms with Crippen LogP contribution in [0.1, 0.15) is 29.8 Å². The molecule has 2 aromatic rings. The van der Waals surface area contributed by atoms with Crippen molar-refractivity contribution in [1.29, 1.82) is 0 Å². The first-order valence-electron chi connectivity index (χ1n) is 10.0. The second-order valence-corrected chi connectivity index (χ2v) is 8.31. The Morgan fingerprint density at radius 3 is 2.69 bits per heavy atom. The highest BCUT2D eigenvalue weighted by Gasteiger charge is 2.27. The van der Waals surface area contributed by atoms with Crippen LogP contribution in [-0.4, -0.2) is 54.6 Å². The topological polar surface area (TPSA) is 32.8 Å². The predicted octanol–water partition coefficient (Wildman–Crippen LogP) is 4.48. The maximum Gasteiger partial charge on any atom is 0.256 e. The molecule has 2 aromatic carbocycles. The lowest BCUT2D eigenvalue weighted by molar-refractivity contribution is -0.0438. The third-order valence-electron chi connectivity index (χ3n) is 4.98. The van der Waals surface area contributed by atoms with Crippen molar-refractivity contribution < 1.29 is 13.9 Å². The van der Waals surface area contributed by atoms with Crippen LogP contribution in [0.5, 0.6) is 0 Å². The normalized spacial score (nSPS) is 17.5. The zero-order chi connectivity index (χ0) is 20.8. The molecule has 0 bridgehead atoms. The average Bonchev–Trinajstić information content (AvgIpc) is 2.69. The van der Waals surface area contributed by atoms with Gasteiger partial charge in [0.1, 0.15) is 5.82 Å².